The molecule has 0 unspecified atom stereocenters. The van der Waals surface area contributed by atoms with Gasteiger partial charge in [0, 0.05) is 17.3 Å². The Balaban J connectivity index is 2.17. The molecule has 0 heterocycles. The number of carboxylic acid groups (broad SMARTS) is 1. The Hall–Kier alpha value is -3.09. The van der Waals surface area contributed by atoms with Gasteiger partial charge in [-0.15, -0.1) is 0 Å². The van der Waals surface area contributed by atoms with Crippen LogP contribution in [0.5, 0.6) is 11.5 Å². The zero-order valence-electron chi connectivity index (χ0n) is 14.8. The second kappa shape index (κ2) is 8.33. The number of amides is 1. The van der Waals surface area contributed by atoms with Crippen molar-refractivity contribution >= 4 is 17.6 Å². The van der Waals surface area contributed by atoms with Crippen molar-refractivity contribution in [2.75, 3.05) is 18.5 Å². The molecule has 0 radical (unpaired) electrons. The summed E-state index contributed by atoms with van der Waals surface area (Å²) in [5.74, 6) is -1.50. The average Bonchev–Trinajstić information content (AvgIpc) is 2.56. The highest BCUT2D eigenvalue weighted by Crippen LogP contribution is 2.26. The van der Waals surface area contributed by atoms with E-state index in [1.165, 1.54) is 12.1 Å². The largest absolute Gasteiger partial charge is 0.491 e. The molecule has 2 aromatic rings. The maximum atomic E-state index is 13.9. The molecule has 0 saturated heterocycles. The number of carboxylic acids is 1. The molecule has 0 bridgehead atoms. The first kappa shape index (κ1) is 19.2. The van der Waals surface area contributed by atoms with Gasteiger partial charge in [-0.2, -0.15) is 0 Å². The number of carbonyl (C=O) groups is 2. The molecular formula is C19H20FNO5. The third-order valence-electron chi connectivity index (χ3n) is 3.55. The molecule has 2 rings (SSSR count). The lowest BCUT2D eigenvalue weighted by Gasteiger charge is -2.13. The van der Waals surface area contributed by atoms with Gasteiger partial charge in [-0.25, -0.2) is 9.18 Å². The maximum Gasteiger partial charge on any atom is 0.341 e. The van der Waals surface area contributed by atoms with Crippen molar-refractivity contribution in [3.63, 3.8) is 0 Å². The monoisotopic (exact) mass is 361 g/mol. The number of halogens is 1. The molecule has 2 aromatic carbocycles. The molecular weight excluding hydrogens is 341 g/mol. The number of ether oxygens (including phenoxy) is 2. The van der Waals surface area contributed by atoms with Gasteiger partial charge in [0.2, 0.25) is 0 Å². The first-order valence-electron chi connectivity index (χ1n) is 8.01. The summed E-state index contributed by atoms with van der Waals surface area (Å²) in [6, 6.07) is 7.37. The summed E-state index contributed by atoms with van der Waals surface area (Å²) in [7, 11) is 0. The third-order valence-corrected chi connectivity index (χ3v) is 3.55. The molecule has 0 aliphatic heterocycles. The number of anilines is 1. The number of aryl methyl sites for hydroxylation is 2. The average molecular weight is 361 g/mol. The Morgan fingerprint density at radius 3 is 2.31 bits per heavy atom. The summed E-state index contributed by atoms with van der Waals surface area (Å²) in [5, 5.41) is 11.3. The van der Waals surface area contributed by atoms with Crippen LogP contribution in [0, 0.1) is 19.7 Å². The highest BCUT2D eigenvalue weighted by atomic mass is 19.1. The second-order valence-electron chi connectivity index (χ2n) is 5.65. The van der Waals surface area contributed by atoms with Crippen LogP contribution in [0.25, 0.3) is 0 Å². The van der Waals surface area contributed by atoms with Crippen molar-refractivity contribution in [2.45, 2.75) is 20.8 Å². The van der Waals surface area contributed by atoms with Crippen molar-refractivity contribution in [3.05, 3.63) is 52.8 Å². The molecule has 0 aliphatic carbocycles. The molecule has 0 atom stereocenters. The molecule has 138 valence electrons. The summed E-state index contributed by atoms with van der Waals surface area (Å²) < 4.78 is 24.2. The normalized spacial score (nSPS) is 10.3. The van der Waals surface area contributed by atoms with E-state index in [-0.39, 0.29) is 5.75 Å². The number of hydrogen-bond donors (Lipinski definition) is 2. The van der Waals surface area contributed by atoms with Gasteiger partial charge in [-0.05, 0) is 56.2 Å². The highest BCUT2D eigenvalue weighted by molar-refractivity contribution is 6.04. The summed E-state index contributed by atoms with van der Waals surface area (Å²) in [4.78, 5) is 23.1. The fourth-order valence-corrected chi connectivity index (χ4v) is 2.50. The van der Waals surface area contributed by atoms with E-state index in [0.717, 1.165) is 0 Å². The van der Waals surface area contributed by atoms with E-state index in [4.69, 9.17) is 14.6 Å². The van der Waals surface area contributed by atoms with E-state index < -0.39 is 24.3 Å². The van der Waals surface area contributed by atoms with E-state index in [1.54, 1.807) is 39.0 Å². The van der Waals surface area contributed by atoms with Crippen molar-refractivity contribution in [3.8, 4) is 11.5 Å². The number of rotatable bonds is 7. The minimum absolute atomic E-state index is 0.122. The molecule has 7 heteroatoms. The Kier molecular flexibility index (Phi) is 6.16. The van der Waals surface area contributed by atoms with Gasteiger partial charge < -0.3 is 19.9 Å². The lowest BCUT2D eigenvalue weighted by Crippen LogP contribution is -2.14. The third kappa shape index (κ3) is 4.72. The smallest absolute Gasteiger partial charge is 0.341 e. The van der Waals surface area contributed by atoms with Crippen molar-refractivity contribution in [2.24, 2.45) is 0 Å². The molecule has 6 nitrogen and oxygen atoms in total. The van der Waals surface area contributed by atoms with E-state index in [2.05, 4.69) is 5.32 Å². The molecule has 0 spiro atoms. The standard InChI is InChI=1S/C19H20FNO5/c1-4-25-16-6-5-14(9-15(16)20)21-19(24)13-7-11(2)18(12(3)8-13)26-10-17(22)23/h5-9H,4,10H2,1-3H3,(H,21,24)(H,22,23). The van der Waals surface area contributed by atoms with Crippen LogP contribution in [-0.2, 0) is 4.79 Å². The van der Waals surface area contributed by atoms with Crippen LogP contribution in [-0.4, -0.2) is 30.2 Å². The van der Waals surface area contributed by atoms with Gasteiger partial charge in [-0.3, -0.25) is 4.79 Å². The topological polar surface area (TPSA) is 84.9 Å². The Labute approximate surface area is 150 Å². The lowest BCUT2D eigenvalue weighted by molar-refractivity contribution is -0.139. The molecule has 0 saturated carbocycles. The zero-order valence-corrected chi connectivity index (χ0v) is 14.8. The van der Waals surface area contributed by atoms with Crippen molar-refractivity contribution in [1.82, 2.24) is 0 Å². The first-order chi connectivity index (χ1) is 12.3. The predicted molar refractivity (Wildman–Crippen MR) is 94.6 cm³/mol. The zero-order chi connectivity index (χ0) is 19.3. The molecule has 1 amide bonds. The van der Waals surface area contributed by atoms with E-state index >= 15 is 0 Å². The van der Waals surface area contributed by atoms with Gasteiger partial charge in [0.1, 0.15) is 5.75 Å². The van der Waals surface area contributed by atoms with Crippen LogP contribution in [0.4, 0.5) is 10.1 Å². The van der Waals surface area contributed by atoms with Gasteiger partial charge in [0.05, 0.1) is 6.61 Å². The van der Waals surface area contributed by atoms with E-state index in [0.29, 0.717) is 34.7 Å². The minimum Gasteiger partial charge on any atom is -0.491 e. The van der Waals surface area contributed by atoms with Crippen LogP contribution in [0.1, 0.15) is 28.4 Å². The second-order valence-corrected chi connectivity index (χ2v) is 5.65. The molecule has 26 heavy (non-hydrogen) atoms. The fraction of sp³-hybridized carbons (Fsp3) is 0.263. The van der Waals surface area contributed by atoms with Crippen molar-refractivity contribution < 1.29 is 28.6 Å². The lowest BCUT2D eigenvalue weighted by atomic mass is 10.0. The van der Waals surface area contributed by atoms with Gasteiger partial charge in [0.25, 0.3) is 5.91 Å². The van der Waals surface area contributed by atoms with Crippen LogP contribution in [0.15, 0.2) is 30.3 Å². The predicted octanol–water partition coefficient (Wildman–Crippen LogP) is 3.56. The number of benzene rings is 2. The van der Waals surface area contributed by atoms with Gasteiger partial charge in [0.15, 0.2) is 18.2 Å². The Bertz CT molecular complexity index is 812. The van der Waals surface area contributed by atoms with Gasteiger partial charge >= 0.3 is 5.97 Å². The van der Waals surface area contributed by atoms with Crippen molar-refractivity contribution in [1.29, 1.82) is 0 Å². The van der Waals surface area contributed by atoms with E-state index in [1.807, 2.05) is 0 Å². The van der Waals surface area contributed by atoms with E-state index in [9.17, 15) is 14.0 Å². The number of carbonyl (C=O) groups excluding carboxylic acids is 1. The van der Waals surface area contributed by atoms with Crippen LogP contribution in [0.2, 0.25) is 0 Å². The highest BCUT2D eigenvalue weighted by Gasteiger charge is 2.14. The summed E-state index contributed by atoms with van der Waals surface area (Å²) in [5.41, 5.74) is 1.93. The molecule has 0 aromatic heterocycles. The molecule has 0 aliphatic rings. The molecule has 0 fully saturated rings. The first-order valence-corrected chi connectivity index (χ1v) is 8.01. The summed E-state index contributed by atoms with van der Waals surface area (Å²) >= 11 is 0. The van der Waals surface area contributed by atoms with Crippen LogP contribution >= 0.6 is 0 Å². The van der Waals surface area contributed by atoms with Crippen LogP contribution in [0.3, 0.4) is 0 Å². The quantitative estimate of drug-likeness (QED) is 0.788. The SMILES string of the molecule is CCOc1ccc(NC(=O)c2cc(C)c(OCC(=O)O)c(C)c2)cc1F. The maximum absolute atomic E-state index is 13.9. The Morgan fingerprint density at radius 1 is 1.12 bits per heavy atom. The number of nitrogens with one attached hydrogen (secondary N) is 1. The minimum atomic E-state index is -1.08. The summed E-state index contributed by atoms with van der Waals surface area (Å²) in [6.07, 6.45) is 0. The Morgan fingerprint density at radius 2 is 1.77 bits per heavy atom. The van der Waals surface area contributed by atoms with Gasteiger partial charge in [-0.1, -0.05) is 0 Å². The number of hydrogen-bond acceptors (Lipinski definition) is 4. The summed E-state index contributed by atoms with van der Waals surface area (Å²) in [6.45, 7) is 5.08. The van der Waals surface area contributed by atoms with Crippen LogP contribution < -0.4 is 14.8 Å². The number of aliphatic carboxylic acids is 1. The molecule has 2 N–H and O–H groups in total. The fourth-order valence-electron chi connectivity index (χ4n) is 2.50.